The molecule has 2 N–H and O–H groups in total. The van der Waals surface area contributed by atoms with Crippen LogP contribution in [0.1, 0.15) is 19.5 Å². The number of hydrogen-bond donors (Lipinski definition) is 1. The van der Waals surface area contributed by atoms with E-state index >= 15 is 0 Å². The number of aryl methyl sites for hydroxylation is 2. The average molecular weight is 210 g/mol. The van der Waals surface area contributed by atoms with E-state index in [9.17, 15) is 0 Å². The summed E-state index contributed by atoms with van der Waals surface area (Å²) in [4.78, 5) is 6.63. The molecule has 0 aliphatic heterocycles. The molecule has 0 fully saturated rings. The molecule has 1 rings (SSSR count). The van der Waals surface area contributed by atoms with Crippen molar-refractivity contribution < 1.29 is 0 Å². The van der Waals surface area contributed by atoms with Gasteiger partial charge in [0, 0.05) is 26.8 Å². The van der Waals surface area contributed by atoms with Crippen LogP contribution in [0.4, 0.5) is 5.95 Å². The average Bonchev–Trinajstić information content (AvgIpc) is 2.45. The fourth-order valence-electron chi connectivity index (χ4n) is 1.74. The van der Waals surface area contributed by atoms with Gasteiger partial charge < -0.3 is 15.2 Å². The third-order valence-electron chi connectivity index (χ3n) is 2.53. The highest BCUT2D eigenvalue weighted by atomic mass is 15.3. The van der Waals surface area contributed by atoms with Crippen molar-refractivity contribution in [1.82, 2.24) is 9.55 Å². The van der Waals surface area contributed by atoms with Crippen LogP contribution in [0.25, 0.3) is 0 Å². The van der Waals surface area contributed by atoms with Crippen molar-refractivity contribution in [3.63, 3.8) is 0 Å². The summed E-state index contributed by atoms with van der Waals surface area (Å²) in [5.41, 5.74) is 6.89. The fraction of sp³-hybridized carbons (Fsp3) is 0.727. The third kappa shape index (κ3) is 2.96. The van der Waals surface area contributed by atoms with Gasteiger partial charge in [0.1, 0.15) is 0 Å². The quantitative estimate of drug-likeness (QED) is 0.811. The fourth-order valence-corrected chi connectivity index (χ4v) is 1.74. The predicted octanol–water partition coefficient (Wildman–Crippen LogP) is 1.15. The minimum atomic E-state index is 0.120. The van der Waals surface area contributed by atoms with Crippen LogP contribution in [-0.2, 0) is 7.05 Å². The van der Waals surface area contributed by atoms with Gasteiger partial charge in [-0.25, -0.2) is 4.98 Å². The Morgan fingerprint density at radius 2 is 2.13 bits per heavy atom. The summed E-state index contributed by atoms with van der Waals surface area (Å²) in [6.45, 7) is 7.93. The molecule has 4 nitrogen and oxygen atoms in total. The van der Waals surface area contributed by atoms with E-state index in [0.717, 1.165) is 18.2 Å². The van der Waals surface area contributed by atoms with Crippen molar-refractivity contribution in [2.45, 2.75) is 20.8 Å². The van der Waals surface area contributed by atoms with Gasteiger partial charge in [-0.1, -0.05) is 13.8 Å². The van der Waals surface area contributed by atoms with Crippen molar-refractivity contribution >= 4 is 5.95 Å². The predicted molar refractivity (Wildman–Crippen MR) is 64.1 cm³/mol. The normalized spacial score (nSPS) is 11.9. The molecule has 0 spiro atoms. The lowest BCUT2D eigenvalue weighted by Gasteiger charge is -2.29. The minimum absolute atomic E-state index is 0.120. The molecule has 0 saturated carbocycles. The van der Waals surface area contributed by atoms with E-state index in [1.165, 1.54) is 0 Å². The van der Waals surface area contributed by atoms with Crippen LogP contribution in [0.5, 0.6) is 0 Å². The Kier molecular flexibility index (Phi) is 3.39. The maximum Gasteiger partial charge on any atom is 0.205 e. The third-order valence-corrected chi connectivity index (χ3v) is 2.53. The minimum Gasteiger partial charge on any atom is -0.345 e. The molecule has 1 aromatic rings. The van der Waals surface area contributed by atoms with Gasteiger partial charge in [-0.05, 0) is 18.9 Å². The number of imidazole rings is 1. The Morgan fingerprint density at radius 1 is 1.53 bits per heavy atom. The second kappa shape index (κ2) is 4.23. The molecule has 0 amide bonds. The summed E-state index contributed by atoms with van der Waals surface area (Å²) in [5.74, 6) is 0.994. The Bertz CT molecular complexity index is 327. The molecule has 0 bridgehead atoms. The van der Waals surface area contributed by atoms with Crippen molar-refractivity contribution in [2.75, 3.05) is 25.0 Å². The van der Waals surface area contributed by atoms with Crippen molar-refractivity contribution in [1.29, 1.82) is 0 Å². The highest BCUT2D eigenvalue weighted by Crippen LogP contribution is 2.18. The van der Waals surface area contributed by atoms with Gasteiger partial charge in [-0.2, -0.15) is 0 Å². The van der Waals surface area contributed by atoms with Crippen LogP contribution in [0.15, 0.2) is 6.20 Å². The van der Waals surface area contributed by atoms with Gasteiger partial charge in [0.15, 0.2) is 0 Å². The lowest BCUT2D eigenvalue weighted by molar-refractivity contribution is 0.382. The molecule has 15 heavy (non-hydrogen) atoms. The maximum absolute atomic E-state index is 5.72. The van der Waals surface area contributed by atoms with Gasteiger partial charge in [-0.15, -0.1) is 0 Å². The Morgan fingerprint density at radius 3 is 2.53 bits per heavy atom. The Labute approximate surface area is 92.1 Å². The number of nitrogens with two attached hydrogens (primary N) is 1. The highest BCUT2D eigenvalue weighted by molar-refractivity contribution is 5.32. The number of hydrogen-bond acceptors (Lipinski definition) is 3. The zero-order valence-electron chi connectivity index (χ0n) is 10.4. The van der Waals surface area contributed by atoms with Gasteiger partial charge >= 0.3 is 0 Å². The molecular weight excluding hydrogens is 188 g/mol. The lowest BCUT2D eigenvalue weighted by atomic mass is 9.93. The van der Waals surface area contributed by atoms with Gasteiger partial charge in [0.2, 0.25) is 5.95 Å². The second-order valence-corrected chi connectivity index (χ2v) is 5.02. The number of nitrogens with zero attached hydrogens (tertiary/aromatic N) is 3. The topological polar surface area (TPSA) is 47.1 Å². The summed E-state index contributed by atoms with van der Waals surface area (Å²) in [5, 5.41) is 0. The summed E-state index contributed by atoms with van der Waals surface area (Å²) in [6, 6.07) is 0. The molecule has 0 unspecified atom stereocenters. The molecule has 0 saturated heterocycles. The molecule has 0 atom stereocenters. The van der Waals surface area contributed by atoms with Crippen LogP contribution in [0, 0.1) is 12.3 Å². The van der Waals surface area contributed by atoms with E-state index in [-0.39, 0.29) is 5.41 Å². The first-order chi connectivity index (χ1) is 6.85. The van der Waals surface area contributed by atoms with Crippen molar-refractivity contribution in [2.24, 2.45) is 18.2 Å². The van der Waals surface area contributed by atoms with E-state index in [4.69, 9.17) is 5.73 Å². The van der Waals surface area contributed by atoms with E-state index in [1.54, 1.807) is 0 Å². The van der Waals surface area contributed by atoms with E-state index in [1.807, 2.05) is 24.7 Å². The van der Waals surface area contributed by atoms with Gasteiger partial charge in [0.05, 0.1) is 5.69 Å². The first-order valence-corrected chi connectivity index (χ1v) is 5.27. The Balaban J connectivity index is 2.77. The first-order valence-electron chi connectivity index (χ1n) is 5.27. The van der Waals surface area contributed by atoms with E-state index in [0.29, 0.717) is 6.54 Å². The molecule has 0 aliphatic rings. The van der Waals surface area contributed by atoms with Crippen LogP contribution >= 0.6 is 0 Å². The standard InChI is InChI=1S/C11H22N4/c1-9-6-14(4)10(13-9)15(5)8-11(2,3)7-12/h6H,7-8,12H2,1-5H3. The summed E-state index contributed by atoms with van der Waals surface area (Å²) in [7, 11) is 4.07. The maximum atomic E-state index is 5.72. The van der Waals surface area contributed by atoms with Crippen molar-refractivity contribution in [3.05, 3.63) is 11.9 Å². The molecular formula is C11H22N4. The van der Waals surface area contributed by atoms with E-state index < -0.39 is 0 Å². The summed E-state index contributed by atoms with van der Waals surface area (Å²) < 4.78 is 2.04. The van der Waals surface area contributed by atoms with Gasteiger partial charge in [0.25, 0.3) is 0 Å². The van der Waals surface area contributed by atoms with Crippen LogP contribution < -0.4 is 10.6 Å². The molecule has 4 heteroatoms. The number of rotatable bonds is 4. The molecule has 0 radical (unpaired) electrons. The SMILES string of the molecule is Cc1cn(C)c(N(C)CC(C)(C)CN)n1. The monoisotopic (exact) mass is 210 g/mol. The summed E-state index contributed by atoms with van der Waals surface area (Å²) in [6.07, 6.45) is 2.03. The number of anilines is 1. The number of aromatic nitrogens is 2. The highest BCUT2D eigenvalue weighted by Gasteiger charge is 2.20. The zero-order chi connectivity index (χ0) is 11.6. The van der Waals surface area contributed by atoms with E-state index in [2.05, 4.69) is 30.8 Å². The molecule has 0 aliphatic carbocycles. The molecule has 0 aromatic carbocycles. The molecule has 86 valence electrons. The zero-order valence-corrected chi connectivity index (χ0v) is 10.4. The summed E-state index contributed by atoms with van der Waals surface area (Å²) >= 11 is 0. The van der Waals surface area contributed by atoms with Crippen molar-refractivity contribution in [3.8, 4) is 0 Å². The largest absolute Gasteiger partial charge is 0.345 e. The van der Waals surface area contributed by atoms with Crippen LogP contribution in [0.3, 0.4) is 0 Å². The van der Waals surface area contributed by atoms with Gasteiger partial charge in [-0.3, -0.25) is 0 Å². The molecule has 1 heterocycles. The second-order valence-electron chi connectivity index (χ2n) is 5.02. The first kappa shape index (κ1) is 12.0. The van der Waals surface area contributed by atoms with Crippen LogP contribution in [-0.4, -0.2) is 29.7 Å². The Hall–Kier alpha value is -1.03. The van der Waals surface area contributed by atoms with Crippen LogP contribution in [0.2, 0.25) is 0 Å². The smallest absolute Gasteiger partial charge is 0.205 e. The molecule has 1 aromatic heterocycles. The lowest BCUT2D eigenvalue weighted by Crippen LogP contribution is -2.37.